The van der Waals surface area contributed by atoms with Crippen LogP contribution < -0.4 is 10.1 Å². The Labute approximate surface area is 232 Å². The van der Waals surface area contributed by atoms with Crippen molar-refractivity contribution < 1.29 is 13.9 Å². The summed E-state index contributed by atoms with van der Waals surface area (Å²) in [6, 6.07) is 19.4. The average Bonchev–Trinajstić information content (AvgIpc) is 3.27. The predicted octanol–water partition coefficient (Wildman–Crippen LogP) is 8.76. The number of fused-ring (bicyclic) bond motifs is 1. The van der Waals surface area contributed by atoms with Crippen LogP contribution in [0.15, 0.2) is 76.2 Å². The zero-order valence-electron chi connectivity index (χ0n) is 19.8. The molecule has 0 spiro atoms. The van der Waals surface area contributed by atoms with Crippen molar-refractivity contribution in [2.24, 2.45) is 4.99 Å². The molecular weight excluding hydrogens is 575 g/mol. The molecule has 1 N–H and O–H groups in total. The van der Waals surface area contributed by atoms with E-state index in [0.29, 0.717) is 36.9 Å². The number of halogens is 3. The van der Waals surface area contributed by atoms with Gasteiger partial charge in [0.05, 0.1) is 10.0 Å². The minimum absolute atomic E-state index is 0.0474. The molecule has 0 atom stereocenters. The highest BCUT2D eigenvalue weighted by Gasteiger charge is 2.25. The van der Waals surface area contributed by atoms with Crippen molar-refractivity contribution in [3.8, 4) is 5.75 Å². The van der Waals surface area contributed by atoms with Crippen molar-refractivity contribution in [2.45, 2.75) is 32.3 Å². The number of hydrogen-bond acceptors (Lipinski definition) is 4. The fourth-order valence-electron chi connectivity index (χ4n) is 4.31. The largest absolute Gasteiger partial charge is 0.487 e. The van der Waals surface area contributed by atoms with Gasteiger partial charge >= 0.3 is 0 Å². The molecule has 1 aliphatic rings. The van der Waals surface area contributed by atoms with E-state index in [9.17, 15) is 9.18 Å². The highest BCUT2D eigenvalue weighted by Crippen LogP contribution is 2.41. The van der Waals surface area contributed by atoms with E-state index < -0.39 is 0 Å². The van der Waals surface area contributed by atoms with E-state index in [0.717, 1.165) is 36.9 Å². The zero-order valence-corrected chi connectivity index (χ0v) is 22.9. The van der Waals surface area contributed by atoms with Gasteiger partial charge in [0.1, 0.15) is 23.2 Å². The molecule has 4 aromatic rings. The fraction of sp³-hybridized carbons (Fsp3) is 0.172. The van der Waals surface area contributed by atoms with Crippen LogP contribution in [0.1, 0.15) is 44.8 Å². The van der Waals surface area contributed by atoms with E-state index in [4.69, 9.17) is 21.3 Å². The number of para-hydroxylation sites is 1. The van der Waals surface area contributed by atoms with E-state index in [2.05, 4.69) is 21.2 Å². The van der Waals surface area contributed by atoms with E-state index in [1.54, 1.807) is 47.9 Å². The normalized spacial score (nSPS) is 12.9. The first-order valence-electron chi connectivity index (χ1n) is 11.9. The fourth-order valence-corrected chi connectivity index (χ4v) is 6.49. The molecule has 1 heterocycles. The summed E-state index contributed by atoms with van der Waals surface area (Å²) >= 11 is 11.4. The first-order valence-corrected chi connectivity index (χ1v) is 13.9. The molecule has 1 amide bonds. The average molecular weight is 598 g/mol. The Morgan fingerprint density at radius 3 is 2.68 bits per heavy atom. The monoisotopic (exact) mass is 596 g/mol. The van der Waals surface area contributed by atoms with Crippen molar-refractivity contribution in [1.29, 1.82) is 0 Å². The van der Waals surface area contributed by atoms with Gasteiger partial charge in [0.15, 0.2) is 0 Å². The summed E-state index contributed by atoms with van der Waals surface area (Å²) in [6.07, 6.45) is 5.61. The summed E-state index contributed by atoms with van der Waals surface area (Å²) in [7, 11) is 0. The number of aryl methyl sites for hydroxylation is 1. The number of benzene rings is 3. The highest BCUT2D eigenvalue weighted by atomic mass is 79.9. The Morgan fingerprint density at radius 2 is 1.86 bits per heavy atom. The van der Waals surface area contributed by atoms with Crippen LogP contribution in [0.2, 0.25) is 5.02 Å². The molecule has 8 heteroatoms. The quantitative estimate of drug-likeness (QED) is 0.217. The first kappa shape index (κ1) is 25.6. The maximum Gasteiger partial charge on any atom is 0.259 e. The Bertz CT molecular complexity index is 1470. The topological polar surface area (TPSA) is 50.7 Å². The van der Waals surface area contributed by atoms with Crippen LogP contribution in [0.25, 0.3) is 0 Å². The standard InChI is InChI=1S/C29H23BrClFN2O2S/c30-23-15-20(31)14-19(27(23)36-17-18-8-4-6-12-24(18)32)16-33-29-26(22-11-5-7-13-25(22)37-29)28(35)34-21-9-2-1-3-10-21/h1-4,6,8-10,12,14-16H,5,7,11,13,17H2,(H,34,35). The van der Waals surface area contributed by atoms with Gasteiger partial charge in [-0.3, -0.25) is 4.79 Å². The Morgan fingerprint density at radius 1 is 1.11 bits per heavy atom. The maximum absolute atomic E-state index is 14.1. The number of nitrogens with zero attached hydrogens (tertiary/aromatic N) is 1. The second-order valence-electron chi connectivity index (χ2n) is 8.66. The summed E-state index contributed by atoms with van der Waals surface area (Å²) in [5.74, 6) is -0.00454. The van der Waals surface area contributed by atoms with Crippen molar-refractivity contribution in [3.63, 3.8) is 0 Å². The van der Waals surface area contributed by atoms with Gasteiger partial charge in [-0.05, 0) is 77.5 Å². The third-order valence-electron chi connectivity index (χ3n) is 6.10. The predicted molar refractivity (Wildman–Crippen MR) is 152 cm³/mol. The van der Waals surface area contributed by atoms with Crippen LogP contribution in [0, 0.1) is 5.82 Å². The Kier molecular flexibility index (Phi) is 8.03. The minimum atomic E-state index is -0.332. The van der Waals surface area contributed by atoms with Gasteiger partial charge in [-0.2, -0.15) is 0 Å². The van der Waals surface area contributed by atoms with Gasteiger partial charge in [-0.1, -0.05) is 48.0 Å². The summed E-state index contributed by atoms with van der Waals surface area (Å²) in [6.45, 7) is 0.0474. The van der Waals surface area contributed by atoms with E-state index >= 15 is 0 Å². The molecule has 1 aromatic heterocycles. The van der Waals surface area contributed by atoms with Gasteiger partial charge in [0, 0.05) is 32.9 Å². The lowest BCUT2D eigenvalue weighted by Crippen LogP contribution is -2.14. The molecule has 0 aliphatic heterocycles. The highest BCUT2D eigenvalue weighted by molar-refractivity contribution is 9.10. The lowest BCUT2D eigenvalue weighted by atomic mass is 9.95. The van der Waals surface area contributed by atoms with Crippen LogP contribution in [-0.2, 0) is 19.4 Å². The second kappa shape index (κ2) is 11.6. The molecule has 0 fully saturated rings. The van der Waals surface area contributed by atoms with Crippen LogP contribution in [-0.4, -0.2) is 12.1 Å². The molecule has 0 saturated carbocycles. The molecule has 3 aromatic carbocycles. The molecule has 0 bridgehead atoms. The third-order valence-corrected chi connectivity index (χ3v) is 8.11. The lowest BCUT2D eigenvalue weighted by molar-refractivity contribution is 0.102. The summed E-state index contributed by atoms with van der Waals surface area (Å²) in [4.78, 5) is 19.3. The molecule has 37 heavy (non-hydrogen) atoms. The van der Waals surface area contributed by atoms with Crippen molar-refractivity contribution in [2.75, 3.05) is 5.32 Å². The number of rotatable bonds is 7. The molecule has 1 aliphatic carbocycles. The summed E-state index contributed by atoms with van der Waals surface area (Å²) < 4.78 is 20.8. The first-order chi connectivity index (χ1) is 18.0. The van der Waals surface area contributed by atoms with E-state index in [1.807, 2.05) is 30.3 Å². The van der Waals surface area contributed by atoms with E-state index in [1.165, 1.54) is 10.9 Å². The van der Waals surface area contributed by atoms with Gasteiger partial charge in [-0.15, -0.1) is 11.3 Å². The second-order valence-corrected chi connectivity index (χ2v) is 11.0. The zero-order chi connectivity index (χ0) is 25.8. The Balaban J connectivity index is 1.48. The van der Waals surface area contributed by atoms with Gasteiger partial charge in [0.2, 0.25) is 0 Å². The molecule has 0 radical (unpaired) electrons. The molecule has 4 nitrogen and oxygen atoms in total. The number of nitrogens with one attached hydrogen (secondary N) is 1. The van der Waals surface area contributed by atoms with E-state index in [-0.39, 0.29) is 18.3 Å². The van der Waals surface area contributed by atoms with Gasteiger partial charge in [0.25, 0.3) is 5.91 Å². The summed E-state index contributed by atoms with van der Waals surface area (Å²) in [5.41, 5.74) is 3.50. The number of amides is 1. The number of hydrogen-bond donors (Lipinski definition) is 1. The lowest BCUT2D eigenvalue weighted by Gasteiger charge is -2.13. The number of aliphatic imine (C=N–C) groups is 1. The molecular formula is C29H23BrClFN2O2S. The van der Waals surface area contributed by atoms with Crippen LogP contribution in [0.4, 0.5) is 15.1 Å². The SMILES string of the molecule is O=C(Nc1ccccc1)c1c(N=Cc2cc(Cl)cc(Br)c2OCc2ccccc2F)sc2c1CCCC2. The molecule has 5 rings (SSSR count). The van der Waals surface area contributed by atoms with Crippen LogP contribution >= 0.6 is 38.9 Å². The number of carbonyl (C=O) groups is 1. The summed E-state index contributed by atoms with van der Waals surface area (Å²) in [5, 5.41) is 4.16. The maximum atomic E-state index is 14.1. The number of ether oxygens (including phenoxy) is 1. The number of anilines is 1. The molecule has 0 saturated heterocycles. The van der Waals surface area contributed by atoms with Gasteiger partial charge < -0.3 is 10.1 Å². The smallest absolute Gasteiger partial charge is 0.259 e. The van der Waals surface area contributed by atoms with Crippen molar-refractivity contribution in [3.05, 3.63) is 109 Å². The van der Waals surface area contributed by atoms with Crippen molar-refractivity contribution in [1.82, 2.24) is 0 Å². The van der Waals surface area contributed by atoms with Crippen molar-refractivity contribution >= 4 is 61.7 Å². The van der Waals surface area contributed by atoms with Crippen LogP contribution in [0.3, 0.4) is 0 Å². The number of carbonyl (C=O) groups excluding carboxylic acids is 1. The number of thiophene rings is 1. The molecule has 0 unspecified atom stereocenters. The third kappa shape index (κ3) is 5.95. The molecule has 188 valence electrons. The van der Waals surface area contributed by atoms with Crippen LogP contribution in [0.5, 0.6) is 5.75 Å². The Hall–Kier alpha value is -3.00. The minimum Gasteiger partial charge on any atom is -0.487 e. The van der Waals surface area contributed by atoms with Gasteiger partial charge in [-0.25, -0.2) is 9.38 Å².